The number of aromatic nitrogens is 6. The molecule has 0 spiro atoms. The number of ether oxygens (including phenoxy) is 1. The van der Waals surface area contributed by atoms with Crippen LogP contribution in [0.3, 0.4) is 0 Å². The predicted octanol–water partition coefficient (Wildman–Crippen LogP) is 3.10. The third kappa shape index (κ3) is 3.28. The molecule has 4 heterocycles. The minimum absolute atomic E-state index is 0.107. The first kappa shape index (κ1) is 17.6. The van der Waals surface area contributed by atoms with Gasteiger partial charge in [-0.25, -0.2) is 9.97 Å². The largest absolute Gasteiger partial charge is 0.491 e. The van der Waals surface area contributed by atoms with Gasteiger partial charge in [0, 0.05) is 24.5 Å². The lowest BCUT2D eigenvalue weighted by Crippen LogP contribution is -2.45. The maximum atomic E-state index is 5.82. The Kier molecular flexibility index (Phi) is 4.15. The molecule has 0 radical (unpaired) electrons. The Balaban J connectivity index is 1.40. The van der Waals surface area contributed by atoms with E-state index < -0.39 is 0 Å². The van der Waals surface area contributed by atoms with Crippen molar-refractivity contribution in [1.29, 1.82) is 0 Å². The first-order chi connectivity index (χ1) is 14.1. The summed E-state index contributed by atoms with van der Waals surface area (Å²) in [5.74, 6) is 3.24. The number of benzene rings is 1. The zero-order chi connectivity index (χ0) is 20.0. The number of anilines is 1. The fourth-order valence-electron chi connectivity index (χ4n) is 3.48. The number of aromatic amines is 1. The molecule has 9 nitrogen and oxygen atoms in total. The zero-order valence-electron chi connectivity index (χ0n) is 16.5. The predicted molar refractivity (Wildman–Crippen MR) is 107 cm³/mol. The SMILES string of the molecule is Cc1noc(C2CN(c3cc(-c4n[nH]c5ccc(OC(C)C)cc45)ncn3)C2)n1. The van der Waals surface area contributed by atoms with E-state index in [0.717, 1.165) is 46.9 Å². The van der Waals surface area contributed by atoms with E-state index in [4.69, 9.17) is 9.26 Å². The Bertz CT molecular complexity index is 1160. The van der Waals surface area contributed by atoms with Gasteiger partial charge in [-0.15, -0.1) is 0 Å². The Morgan fingerprint density at radius 2 is 2.07 bits per heavy atom. The van der Waals surface area contributed by atoms with Crippen LogP contribution in [0.25, 0.3) is 22.3 Å². The summed E-state index contributed by atoms with van der Waals surface area (Å²) in [6.07, 6.45) is 1.68. The maximum Gasteiger partial charge on any atom is 0.233 e. The zero-order valence-corrected chi connectivity index (χ0v) is 16.5. The molecule has 3 aromatic heterocycles. The Morgan fingerprint density at radius 1 is 1.21 bits per heavy atom. The first-order valence-electron chi connectivity index (χ1n) is 9.59. The summed E-state index contributed by atoms with van der Waals surface area (Å²) in [6.45, 7) is 7.41. The summed E-state index contributed by atoms with van der Waals surface area (Å²) in [5, 5.41) is 12.4. The number of aryl methyl sites for hydroxylation is 1. The molecule has 1 aromatic carbocycles. The second-order valence-electron chi connectivity index (χ2n) is 7.49. The van der Waals surface area contributed by atoms with Crippen LogP contribution in [0.1, 0.15) is 31.5 Å². The third-order valence-corrected chi connectivity index (χ3v) is 4.90. The third-order valence-electron chi connectivity index (χ3n) is 4.90. The highest BCUT2D eigenvalue weighted by atomic mass is 16.5. The average Bonchev–Trinajstić information content (AvgIpc) is 3.26. The second-order valence-corrected chi connectivity index (χ2v) is 7.49. The van der Waals surface area contributed by atoms with Gasteiger partial charge < -0.3 is 14.2 Å². The molecule has 5 rings (SSSR count). The van der Waals surface area contributed by atoms with Gasteiger partial charge in [0.15, 0.2) is 5.82 Å². The van der Waals surface area contributed by atoms with Crippen molar-refractivity contribution in [2.24, 2.45) is 0 Å². The summed E-state index contributed by atoms with van der Waals surface area (Å²) in [5.41, 5.74) is 2.48. The van der Waals surface area contributed by atoms with Gasteiger partial charge in [-0.3, -0.25) is 5.10 Å². The van der Waals surface area contributed by atoms with Crippen LogP contribution in [-0.4, -0.2) is 49.5 Å². The van der Waals surface area contributed by atoms with Crippen LogP contribution in [0.5, 0.6) is 5.75 Å². The van der Waals surface area contributed by atoms with Crippen LogP contribution in [0.15, 0.2) is 35.1 Å². The minimum atomic E-state index is 0.107. The summed E-state index contributed by atoms with van der Waals surface area (Å²) in [6, 6.07) is 7.86. The Labute approximate surface area is 167 Å². The van der Waals surface area contributed by atoms with Gasteiger partial charge in [0.05, 0.1) is 23.2 Å². The van der Waals surface area contributed by atoms with Crippen molar-refractivity contribution in [2.45, 2.75) is 32.8 Å². The quantitative estimate of drug-likeness (QED) is 0.553. The van der Waals surface area contributed by atoms with Crippen LogP contribution in [0, 0.1) is 6.92 Å². The monoisotopic (exact) mass is 391 g/mol. The van der Waals surface area contributed by atoms with Crippen molar-refractivity contribution in [3.05, 3.63) is 42.3 Å². The van der Waals surface area contributed by atoms with E-state index in [1.54, 1.807) is 6.33 Å². The highest BCUT2D eigenvalue weighted by Gasteiger charge is 2.33. The number of hydrogen-bond acceptors (Lipinski definition) is 8. The molecule has 1 saturated heterocycles. The molecule has 1 aliphatic rings. The molecular weight excluding hydrogens is 370 g/mol. The lowest BCUT2D eigenvalue weighted by molar-refractivity contribution is 0.243. The molecule has 1 fully saturated rings. The van der Waals surface area contributed by atoms with Gasteiger partial charge in [-0.1, -0.05) is 5.16 Å². The van der Waals surface area contributed by atoms with Gasteiger partial charge in [-0.2, -0.15) is 10.1 Å². The normalized spacial score (nSPS) is 14.6. The van der Waals surface area contributed by atoms with Gasteiger partial charge in [0.2, 0.25) is 5.89 Å². The van der Waals surface area contributed by atoms with Crippen LogP contribution < -0.4 is 9.64 Å². The fraction of sp³-hybridized carbons (Fsp3) is 0.350. The average molecular weight is 391 g/mol. The summed E-state index contributed by atoms with van der Waals surface area (Å²) in [7, 11) is 0. The lowest BCUT2D eigenvalue weighted by Gasteiger charge is -2.37. The molecule has 0 aliphatic carbocycles. The lowest BCUT2D eigenvalue weighted by atomic mass is 10.00. The van der Waals surface area contributed by atoms with Crippen LogP contribution >= 0.6 is 0 Å². The van der Waals surface area contributed by atoms with Gasteiger partial charge >= 0.3 is 0 Å². The molecule has 0 saturated carbocycles. The number of H-pyrrole nitrogens is 1. The molecule has 1 aliphatic heterocycles. The van der Waals surface area contributed by atoms with E-state index in [2.05, 4.69) is 35.2 Å². The number of nitrogens with zero attached hydrogens (tertiary/aromatic N) is 6. The number of fused-ring (bicyclic) bond motifs is 1. The minimum Gasteiger partial charge on any atom is -0.491 e. The molecule has 1 N–H and O–H groups in total. The van der Waals surface area contributed by atoms with E-state index >= 15 is 0 Å². The van der Waals surface area contributed by atoms with E-state index in [1.165, 1.54) is 0 Å². The molecule has 0 amide bonds. The highest BCUT2D eigenvalue weighted by molar-refractivity contribution is 5.93. The Morgan fingerprint density at radius 3 is 2.83 bits per heavy atom. The van der Waals surface area contributed by atoms with Crippen molar-refractivity contribution in [3.63, 3.8) is 0 Å². The summed E-state index contributed by atoms with van der Waals surface area (Å²) in [4.78, 5) is 15.4. The topological polar surface area (TPSA) is 106 Å². The molecular formula is C20H21N7O2. The molecule has 0 bridgehead atoms. The van der Waals surface area contributed by atoms with Gasteiger partial charge in [0.1, 0.15) is 23.6 Å². The summed E-state index contributed by atoms with van der Waals surface area (Å²) < 4.78 is 11.1. The van der Waals surface area contributed by atoms with Gasteiger partial charge in [-0.05, 0) is 39.0 Å². The molecule has 148 valence electrons. The van der Waals surface area contributed by atoms with Crippen molar-refractivity contribution < 1.29 is 9.26 Å². The highest BCUT2D eigenvalue weighted by Crippen LogP contribution is 2.33. The number of rotatable bonds is 5. The van der Waals surface area contributed by atoms with Gasteiger partial charge in [0.25, 0.3) is 0 Å². The van der Waals surface area contributed by atoms with E-state index in [0.29, 0.717) is 11.7 Å². The second kappa shape index (κ2) is 6.84. The van der Waals surface area contributed by atoms with E-state index in [9.17, 15) is 0 Å². The van der Waals surface area contributed by atoms with Crippen LogP contribution in [-0.2, 0) is 0 Å². The van der Waals surface area contributed by atoms with Crippen LogP contribution in [0.4, 0.5) is 5.82 Å². The fourth-order valence-corrected chi connectivity index (χ4v) is 3.48. The van der Waals surface area contributed by atoms with Crippen molar-refractivity contribution in [1.82, 2.24) is 30.3 Å². The first-order valence-corrected chi connectivity index (χ1v) is 9.59. The molecule has 0 atom stereocenters. The molecule has 4 aromatic rings. The Hall–Kier alpha value is -3.49. The van der Waals surface area contributed by atoms with E-state index in [1.807, 2.05) is 45.0 Å². The van der Waals surface area contributed by atoms with Crippen LogP contribution in [0.2, 0.25) is 0 Å². The van der Waals surface area contributed by atoms with Crippen molar-refractivity contribution in [2.75, 3.05) is 18.0 Å². The van der Waals surface area contributed by atoms with Crippen molar-refractivity contribution >= 4 is 16.7 Å². The van der Waals surface area contributed by atoms with Crippen molar-refractivity contribution in [3.8, 4) is 17.1 Å². The number of nitrogens with one attached hydrogen (secondary N) is 1. The number of hydrogen-bond donors (Lipinski definition) is 1. The smallest absolute Gasteiger partial charge is 0.233 e. The van der Waals surface area contributed by atoms with E-state index in [-0.39, 0.29) is 12.0 Å². The molecule has 0 unspecified atom stereocenters. The standard InChI is InChI=1S/C20H21N7O2/c1-11(2)28-14-4-5-16-15(6-14)19(25-24-16)17-7-18(22-10-21-17)27-8-13(9-27)20-23-12(3)26-29-20/h4-7,10-11,13H,8-9H2,1-3H3,(H,24,25). The molecule has 9 heteroatoms. The maximum absolute atomic E-state index is 5.82. The molecule has 29 heavy (non-hydrogen) atoms. The summed E-state index contributed by atoms with van der Waals surface area (Å²) >= 11 is 0.